The fourth-order valence-corrected chi connectivity index (χ4v) is 3.47. The van der Waals surface area contributed by atoms with Gasteiger partial charge < -0.3 is 14.8 Å². The number of carbonyl (C=O) groups is 1. The number of thioether (sulfide) groups is 1. The fraction of sp³-hybridized carbons (Fsp3) is 0.400. The number of hydrogen-bond donors (Lipinski definition) is 1. The van der Waals surface area contributed by atoms with Gasteiger partial charge in [-0.1, -0.05) is 17.8 Å². The number of aliphatic imine (C=N–C) groups is 1. The number of nitrogens with zero attached hydrogens (tertiary/aromatic N) is 3. The molecule has 3 rings (SSSR count). The lowest BCUT2D eigenvalue weighted by Gasteiger charge is -2.17. The maximum Gasteiger partial charge on any atom is 0.250 e. The number of hydrogen-bond acceptors (Lipinski definition) is 5. The molecule has 0 atom stereocenters. The zero-order valence-corrected chi connectivity index (χ0v) is 13.2. The smallest absolute Gasteiger partial charge is 0.250 e. The first-order valence-corrected chi connectivity index (χ1v) is 8.14. The lowest BCUT2D eigenvalue weighted by Crippen LogP contribution is -2.33. The van der Waals surface area contributed by atoms with Crippen LogP contribution < -0.4 is 10.9 Å². The van der Waals surface area contributed by atoms with E-state index in [4.69, 9.17) is 0 Å². The summed E-state index contributed by atoms with van der Waals surface area (Å²) in [4.78, 5) is 30.2. The van der Waals surface area contributed by atoms with Crippen LogP contribution in [0.5, 0.6) is 0 Å². The van der Waals surface area contributed by atoms with Crippen molar-refractivity contribution < 1.29 is 4.79 Å². The number of amides is 1. The number of amidine groups is 1. The van der Waals surface area contributed by atoms with Gasteiger partial charge in [-0.3, -0.25) is 14.6 Å². The quantitative estimate of drug-likeness (QED) is 0.877. The summed E-state index contributed by atoms with van der Waals surface area (Å²) in [5.74, 6) is -0.0503. The van der Waals surface area contributed by atoms with Gasteiger partial charge in [0, 0.05) is 42.4 Å². The van der Waals surface area contributed by atoms with Crippen LogP contribution in [0.2, 0.25) is 0 Å². The first-order chi connectivity index (χ1) is 10.6. The largest absolute Gasteiger partial charge is 0.350 e. The van der Waals surface area contributed by atoms with Gasteiger partial charge in [0.25, 0.3) is 5.56 Å². The van der Waals surface area contributed by atoms with Crippen molar-refractivity contribution >= 4 is 22.8 Å². The minimum absolute atomic E-state index is 0.0503. The van der Waals surface area contributed by atoms with Crippen LogP contribution in [0, 0.1) is 6.92 Å². The lowest BCUT2D eigenvalue weighted by atomic mass is 10.3. The third kappa shape index (κ3) is 3.09. The molecule has 1 amide bonds. The van der Waals surface area contributed by atoms with Gasteiger partial charge >= 0.3 is 0 Å². The van der Waals surface area contributed by atoms with Crippen LogP contribution in [-0.4, -0.2) is 40.2 Å². The summed E-state index contributed by atoms with van der Waals surface area (Å²) in [7, 11) is 0. The number of rotatable bonds is 5. The molecule has 1 aromatic rings. The molecule has 0 radical (unpaired) electrons. The molecule has 3 heterocycles. The average molecular weight is 318 g/mol. The van der Waals surface area contributed by atoms with Crippen LogP contribution in [0.25, 0.3) is 0 Å². The van der Waals surface area contributed by atoms with Crippen LogP contribution in [0.15, 0.2) is 39.1 Å². The molecule has 22 heavy (non-hydrogen) atoms. The molecule has 1 N–H and O–H groups in total. The third-order valence-electron chi connectivity index (χ3n) is 3.75. The lowest BCUT2D eigenvalue weighted by molar-refractivity contribution is -0.121. The predicted molar refractivity (Wildman–Crippen MR) is 87.7 cm³/mol. The summed E-state index contributed by atoms with van der Waals surface area (Å²) in [6.07, 6.45) is 0.298. The van der Waals surface area contributed by atoms with Gasteiger partial charge in [0.1, 0.15) is 0 Å². The van der Waals surface area contributed by atoms with Gasteiger partial charge in [-0.25, -0.2) is 0 Å². The highest BCUT2D eigenvalue weighted by Crippen LogP contribution is 2.28. The molecular weight excluding hydrogens is 300 g/mol. The van der Waals surface area contributed by atoms with Gasteiger partial charge in [0.15, 0.2) is 5.17 Å². The molecule has 1 aromatic heterocycles. The summed E-state index contributed by atoms with van der Waals surface area (Å²) in [6, 6.07) is 5.11. The molecule has 6 nitrogen and oxygen atoms in total. The van der Waals surface area contributed by atoms with Crippen molar-refractivity contribution in [3.05, 3.63) is 45.4 Å². The Balaban J connectivity index is 1.49. The second-order valence-corrected chi connectivity index (χ2v) is 6.06. The van der Waals surface area contributed by atoms with E-state index in [1.54, 1.807) is 22.4 Å². The van der Waals surface area contributed by atoms with E-state index in [9.17, 15) is 9.59 Å². The fourth-order valence-electron chi connectivity index (χ4n) is 2.52. The highest BCUT2D eigenvalue weighted by molar-refractivity contribution is 8.16. The molecule has 0 saturated carbocycles. The van der Waals surface area contributed by atoms with E-state index in [1.165, 1.54) is 6.07 Å². The minimum Gasteiger partial charge on any atom is -0.350 e. The van der Waals surface area contributed by atoms with E-state index in [0.29, 0.717) is 19.5 Å². The van der Waals surface area contributed by atoms with Gasteiger partial charge in [-0.2, -0.15) is 0 Å². The standard InChI is InChI=1S/C15H18N4O2S/c1-11-3-2-4-14(21)18(11)7-5-13(20)17-9-12-10-22-15-16-6-8-19(12)15/h2-4,10H,5-9H2,1H3,(H,17,20). The summed E-state index contributed by atoms with van der Waals surface area (Å²) >= 11 is 1.60. The summed E-state index contributed by atoms with van der Waals surface area (Å²) < 4.78 is 1.62. The maximum absolute atomic E-state index is 12.0. The highest BCUT2D eigenvalue weighted by Gasteiger charge is 2.25. The number of pyridine rings is 1. The molecule has 116 valence electrons. The van der Waals surface area contributed by atoms with Crippen molar-refractivity contribution in [2.45, 2.75) is 19.9 Å². The Morgan fingerprint density at radius 3 is 3.14 bits per heavy atom. The molecule has 0 aliphatic carbocycles. The Morgan fingerprint density at radius 1 is 1.45 bits per heavy atom. The molecule has 0 spiro atoms. The van der Waals surface area contributed by atoms with Crippen LogP contribution in [0.1, 0.15) is 12.1 Å². The number of aromatic nitrogens is 1. The van der Waals surface area contributed by atoms with E-state index >= 15 is 0 Å². The van der Waals surface area contributed by atoms with E-state index in [1.807, 2.05) is 18.4 Å². The van der Waals surface area contributed by atoms with Crippen molar-refractivity contribution in [1.82, 2.24) is 14.8 Å². The number of fused-ring (bicyclic) bond motifs is 1. The van der Waals surface area contributed by atoms with Crippen LogP contribution >= 0.6 is 11.8 Å². The van der Waals surface area contributed by atoms with E-state index in [-0.39, 0.29) is 11.5 Å². The number of carbonyl (C=O) groups excluding carboxylic acids is 1. The van der Waals surface area contributed by atoms with Crippen molar-refractivity contribution in [3.63, 3.8) is 0 Å². The molecule has 0 bridgehead atoms. The summed E-state index contributed by atoms with van der Waals surface area (Å²) in [5, 5.41) is 5.97. The van der Waals surface area contributed by atoms with E-state index < -0.39 is 0 Å². The highest BCUT2D eigenvalue weighted by atomic mass is 32.2. The Bertz CT molecular complexity index is 708. The Hall–Kier alpha value is -2.02. The molecule has 2 aliphatic heterocycles. The second-order valence-electron chi connectivity index (χ2n) is 5.23. The SMILES string of the molecule is Cc1cccc(=O)n1CCC(=O)NCC1=CSC2=NCCN12. The maximum atomic E-state index is 12.0. The first kappa shape index (κ1) is 14.9. The zero-order valence-electron chi connectivity index (χ0n) is 12.4. The van der Waals surface area contributed by atoms with Crippen LogP contribution in [0.3, 0.4) is 0 Å². The Morgan fingerprint density at radius 2 is 2.32 bits per heavy atom. The molecule has 0 fully saturated rings. The Kier molecular flexibility index (Phi) is 4.33. The van der Waals surface area contributed by atoms with Crippen molar-refractivity contribution in [2.75, 3.05) is 19.6 Å². The average Bonchev–Trinajstić information content (AvgIpc) is 3.08. The Labute approximate surface area is 132 Å². The number of aryl methyl sites for hydroxylation is 1. The van der Waals surface area contributed by atoms with Gasteiger partial charge in [0.05, 0.1) is 13.1 Å². The topological polar surface area (TPSA) is 66.7 Å². The van der Waals surface area contributed by atoms with Gasteiger partial charge in [-0.15, -0.1) is 0 Å². The summed E-state index contributed by atoms with van der Waals surface area (Å²) in [6.45, 7) is 4.50. The van der Waals surface area contributed by atoms with Crippen LogP contribution in [-0.2, 0) is 11.3 Å². The van der Waals surface area contributed by atoms with Crippen molar-refractivity contribution in [3.8, 4) is 0 Å². The monoisotopic (exact) mass is 318 g/mol. The molecule has 0 unspecified atom stereocenters. The predicted octanol–water partition coefficient (Wildman–Crippen LogP) is 0.923. The van der Waals surface area contributed by atoms with Crippen molar-refractivity contribution in [2.24, 2.45) is 4.99 Å². The van der Waals surface area contributed by atoms with Gasteiger partial charge in [0.2, 0.25) is 5.91 Å². The summed E-state index contributed by atoms with van der Waals surface area (Å²) in [5.41, 5.74) is 1.89. The van der Waals surface area contributed by atoms with Crippen LogP contribution in [0.4, 0.5) is 0 Å². The van der Waals surface area contributed by atoms with E-state index in [0.717, 1.165) is 29.6 Å². The minimum atomic E-state index is -0.0689. The first-order valence-electron chi connectivity index (χ1n) is 7.26. The zero-order chi connectivity index (χ0) is 15.5. The normalized spacial score (nSPS) is 16.3. The molecule has 0 aromatic carbocycles. The number of nitrogens with one attached hydrogen (secondary N) is 1. The molecular formula is C15H18N4O2S. The van der Waals surface area contributed by atoms with E-state index in [2.05, 4.69) is 15.2 Å². The second kappa shape index (κ2) is 6.39. The van der Waals surface area contributed by atoms with Gasteiger partial charge in [-0.05, 0) is 13.0 Å². The molecule has 2 aliphatic rings. The van der Waals surface area contributed by atoms with Crippen molar-refractivity contribution in [1.29, 1.82) is 0 Å². The molecule has 7 heteroatoms. The third-order valence-corrected chi connectivity index (χ3v) is 4.70. The molecule has 0 saturated heterocycles.